The lowest BCUT2D eigenvalue weighted by atomic mass is 9.64. The highest BCUT2D eigenvalue weighted by Crippen LogP contribution is 2.51. The van der Waals surface area contributed by atoms with Crippen LogP contribution in [0.1, 0.15) is 87.7 Å². The number of ether oxygens (including phenoxy) is 2. The first-order chi connectivity index (χ1) is 18.9. The van der Waals surface area contributed by atoms with Crippen LogP contribution in [-0.4, -0.2) is 29.2 Å². The van der Waals surface area contributed by atoms with Crippen molar-refractivity contribution in [2.75, 3.05) is 6.61 Å². The maximum Gasteiger partial charge on any atom is 0.335 e. The van der Waals surface area contributed by atoms with Gasteiger partial charge in [0.15, 0.2) is 23.1 Å². The standard InChI is InChI=1S/C33H37NO6/c1-6-39-27-13-21(11-12-26(27)40-18-19-7-9-20(10-8-19)31(37)38)28-29-22(14-32(2,3)16-24(29)35)34-23-15-33(4,5)17-25(36)30(23)28/h7-13,28,34H,6,14-18H2,1-5H3,(H,37,38). The number of hydrogen-bond donors (Lipinski definition) is 2. The molecular formula is C33H37NO6. The number of rotatable bonds is 7. The number of carbonyl (C=O) groups is 3. The van der Waals surface area contributed by atoms with Crippen molar-refractivity contribution in [3.63, 3.8) is 0 Å². The molecule has 2 aliphatic carbocycles. The van der Waals surface area contributed by atoms with Crippen molar-refractivity contribution in [3.05, 3.63) is 81.7 Å². The minimum atomic E-state index is -0.976. The average molecular weight is 544 g/mol. The van der Waals surface area contributed by atoms with Gasteiger partial charge in [-0.1, -0.05) is 45.9 Å². The van der Waals surface area contributed by atoms with Crippen LogP contribution in [-0.2, 0) is 16.2 Å². The largest absolute Gasteiger partial charge is 0.490 e. The van der Waals surface area contributed by atoms with Crippen LogP contribution in [0.2, 0.25) is 0 Å². The van der Waals surface area contributed by atoms with Crippen LogP contribution in [0.25, 0.3) is 0 Å². The van der Waals surface area contributed by atoms with Gasteiger partial charge in [0.05, 0.1) is 12.2 Å². The third kappa shape index (κ3) is 5.42. The number of nitrogens with one attached hydrogen (secondary N) is 1. The lowest BCUT2D eigenvalue weighted by Crippen LogP contribution is -2.42. The molecule has 0 spiro atoms. The number of Topliss-reactive ketones (excluding diaryl/α,β-unsaturated/α-hetero) is 2. The van der Waals surface area contributed by atoms with Gasteiger partial charge in [0.2, 0.25) is 0 Å². The van der Waals surface area contributed by atoms with Crippen molar-refractivity contribution >= 4 is 17.5 Å². The van der Waals surface area contributed by atoms with Crippen LogP contribution in [0.4, 0.5) is 0 Å². The topological polar surface area (TPSA) is 102 Å². The lowest BCUT2D eigenvalue weighted by molar-refractivity contribution is -0.119. The first-order valence-corrected chi connectivity index (χ1v) is 13.9. The Kier molecular flexibility index (Phi) is 7.11. The minimum Gasteiger partial charge on any atom is -0.490 e. The minimum absolute atomic E-state index is 0.0797. The molecule has 7 nitrogen and oxygen atoms in total. The summed E-state index contributed by atoms with van der Waals surface area (Å²) in [6.07, 6.45) is 2.37. The predicted molar refractivity (Wildman–Crippen MR) is 151 cm³/mol. The van der Waals surface area contributed by atoms with Crippen molar-refractivity contribution in [1.82, 2.24) is 5.32 Å². The van der Waals surface area contributed by atoms with Crippen LogP contribution in [0.3, 0.4) is 0 Å². The summed E-state index contributed by atoms with van der Waals surface area (Å²) in [5.41, 5.74) is 4.81. The molecule has 1 heterocycles. The summed E-state index contributed by atoms with van der Waals surface area (Å²) in [5.74, 6) is -0.187. The summed E-state index contributed by atoms with van der Waals surface area (Å²) in [7, 11) is 0. The fourth-order valence-corrected chi connectivity index (χ4v) is 6.22. The molecular weight excluding hydrogens is 506 g/mol. The maximum atomic E-state index is 13.6. The Bertz CT molecular complexity index is 1390. The van der Waals surface area contributed by atoms with Crippen molar-refractivity contribution in [1.29, 1.82) is 0 Å². The molecule has 2 aromatic rings. The van der Waals surface area contributed by atoms with E-state index >= 15 is 0 Å². The van der Waals surface area contributed by atoms with Crippen LogP contribution in [0.5, 0.6) is 11.5 Å². The Labute approximate surface area is 235 Å². The Morgan fingerprint density at radius 2 is 1.43 bits per heavy atom. The zero-order valence-electron chi connectivity index (χ0n) is 23.8. The number of aromatic carboxylic acids is 1. The second-order valence-electron chi connectivity index (χ2n) is 12.7. The van der Waals surface area contributed by atoms with Crippen LogP contribution < -0.4 is 14.8 Å². The Balaban J connectivity index is 1.53. The summed E-state index contributed by atoms with van der Waals surface area (Å²) in [6.45, 7) is 11.0. The number of carbonyl (C=O) groups excluding carboxylic acids is 2. The number of allylic oxidation sites excluding steroid dienone is 4. The first-order valence-electron chi connectivity index (χ1n) is 13.9. The molecule has 2 N–H and O–H groups in total. The van der Waals surface area contributed by atoms with E-state index in [1.165, 1.54) is 0 Å². The summed E-state index contributed by atoms with van der Waals surface area (Å²) in [6, 6.07) is 12.2. The summed E-state index contributed by atoms with van der Waals surface area (Å²) in [5, 5.41) is 12.7. The second-order valence-corrected chi connectivity index (χ2v) is 12.7. The van der Waals surface area contributed by atoms with Crippen molar-refractivity contribution in [2.45, 2.75) is 72.8 Å². The molecule has 7 heteroatoms. The van der Waals surface area contributed by atoms with E-state index in [1.54, 1.807) is 24.3 Å². The summed E-state index contributed by atoms with van der Waals surface area (Å²) < 4.78 is 12.1. The van der Waals surface area contributed by atoms with Gasteiger partial charge in [0.25, 0.3) is 0 Å². The fourth-order valence-electron chi connectivity index (χ4n) is 6.22. The normalized spacial score (nSPS) is 20.0. The average Bonchev–Trinajstić information content (AvgIpc) is 2.85. The Hall–Kier alpha value is -3.87. The molecule has 40 heavy (non-hydrogen) atoms. The fraction of sp³-hybridized carbons (Fsp3) is 0.424. The monoisotopic (exact) mass is 543 g/mol. The van der Waals surface area contributed by atoms with Gasteiger partial charge >= 0.3 is 5.97 Å². The number of carboxylic acid groups (broad SMARTS) is 1. The van der Waals surface area contributed by atoms with Crippen LogP contribution in [0, 0.1) is 10.8 Å². The molecule has 0 aromatic heterocycles. The third-order valence-electron chi connectivity index (χ3n) is 7.92. The Morgan fingerprint density at radius 1 is 0.850 bits per heavy atom. The molecule has 0 saturated heterocycles. The van der Waals surface area contributed by atoms with Gasteiger partial charge in [-0.05, 0) is 66.0 Å². The summed E-state index contributed by atoms with van der Waals surface area (Å²) >= 11 is 0. The highest BCUT2D eigenvalue weighted by atomic mass is 16.5. The van der Waals surface area contributed by atoms with E-state index in [1.807, 2.05) is 25.1 Å². The Morgan fingerprint density at radius 3 is 1.95 bits per heavy atom. The number of hydrogen-bond acceptors (Lipinski definition) is 6. The van der Waals surface area contributed by atoms with Crippen molar-refractivity contribution in [2.24, 2.45) is 10.8 Å². The van der Waals surface area contributed by atoms with Crippen molar-refractivity contribution in [3.8, 4) is 11.5 Å². The number of carboxylic acids is 1. The van der Waals surface area contributed by atoms with Crippen LogP contribution >= 0.6 is 0 Å². The number of ketones is 2. The van der Waals surface area contributed by atoms with E-state index in [-0.39, 0.29) is 34.6 Å². The first kappa shape index (κ1) is 27.7. The second kappa shape index (κ2) is 10.3. The third-order valence-corrected chi connectivity index (χ3v) is 7.92. The molecule has 210 valence electrons. The number of benzene rings is 2. The zero-order valence-corrected chi connectivity index (χ0v) is 23.8. The SMILES string of the molecule is CCOc1cc(C2C3=C(CC(C)(C)CC3=O)NC3=C2C(=O)CC(C)(C)C3)ccc1OCc1ccc(C(=O)O)cc1. The van der Waals surface area contributed by atoms with Gasteiger partial charge in [-0.25, -0.2) is 4.79 Å². The van der Waals surface area contributed by atoms with Gasteiger partial charge in [0, 0.05) is 41.3 Å². The number of dihydropyridines is 1. The van der Waals surface area contributed by atoms with Crippen molar-refractivity contribution < 1.29 is 29.0 Å². The van der Waals surface area contributed by atoms with E-state index in [4.69, 9.17) is 14.6 Å². The van der Waals surface area contributed by atoms with Crippen LogP contribution in [0.15, 0.2) is 65.0 Å². The van der Waals surface area contributed by atoms with E-state index < -0.39 is 11.9 Å². The molecule has 0 unspecified atom stereocenters. The molecule has 1 aliphatic heterocycles. The molecule has 2 aromatic carbocycles. The van der Waals surface area contributed by atoms with Gasteiger partial charge < -0.3 is 19.9 Å². The molecule has 0 amide bonds. The van der Waals surface area contributed by atoms with Gasteiger partial charge in [-0.3, -0.25) is 9.59 Å². The molecule has 3 aliphatic rings. The molecule has 0 radical (unpaired) electrons. The lowest BCUT2D eigenvalue weighted by Gasteiger charge is -2.44. The molecule has 5 rings (SSSR count). The van der Waals surface area contributed by atoms with Gasteiger partial charge in [-0.15, -0.1) is 0 Å². The van der Waals surface area contributed by atoms with E-state index in [0.717, 1.165) is 35.4 Å². The van der Waals surface area contributed by atoms with E-state index in [2.05, 4.69) is 33.0 Å². The van der Waals surface area contributed by atoms with Gasteiger partial charge in [-0.2, -0.15) is 0 Å². The molecule has 0 atom stereocenters. The van der Waals surface area contributed by atoms with E-state index in [0.29, 0.717) is 42.1 Å². The smallest absolute Gasteiger partial charge is 0.335 e. The highest BCUT2D eigenvalue weighted by molar-refractivity contribution is 6.06. The highest BCUT2D eigenvalue weighted by Gasteiger charge is 2.46. The van der Waals surface area contributed by atoms with Gasteiger partial charge in [0.1, 0.15) is 6.61 Å². The predicted octanol–water partition coefficient (Wildman–Crippen LogP) is 6.34. The molecule has 0 saturated carbocycles. The maximum absolute atomic E-state index is 13.6. The zero-order chi connectivity index (χ0) is 28.8. The summed E-state index contributed by atoms with van der Waals surface area (Å²) in [4.78, 5) is 38.4. The molecule has 0 bridgehead atoms. The molecule has 0 fully saturated rings. The quantitative estimate of drug-likeness (QED) is 0.420. The van der Waals surface area contributed by atoms with E-state index in [9.17, 15) is 14.4 Å².